The molecular weight excluding hydrogens is 272 g/mol. The highest BCUT2D eigenvalue weighted by molar-refractivity contribution is 7.13. The third kappa shape index (κ3) is 2.37. The van der Waals surface area contributed by atoms with Crippen molar-refractivity contribution >= 4 is 22.9 Å². The van der Waals surface area contributed by atoms with Gasteiger partial charge in [-0.1, -0.05) is 16.8 Å². The molecule has 3 rings (SSSR count). The third-order valence-electron chi connectivity index (χ3n) is 2.21. The predicted octanol–water partition coefficient (Wildman–Crippen LogP) is 4.24. The maximum Gasteiger partial charge on any atom is 0.214 e. The van der Waals surface area contributed by atoms with Gasteiger partial charge in [-0.2, -0.15) is 4.98 Å². The van der Waals surface area contributed by atoms with Gasteiger partial charge >= 0.3 is 0 Å². The molecule has 0 aliphatic rings. The maximum atomic E-state index is 5.81. The normalized spacial score (nSPS) is 10.5. The second kappa shape index (κ2) is 4.80. The van der Waals surface area contributed by atoms with E-state index >= 15 is 0 Å². The van der Waals surface area contributed by atoms with Gasteiger partial charge in [0, 0.05) is 16.5 Å². The molecule has 2 heterocycles. The van der Waals surface area contributed by atoms with Crippen molar-refractivity contribution in [2.75, 3.05) is 0 Å². The molecule has 2 aromatic heterocycles. The Morgan fingerprint density at radius 2 is 2.00 bits per heavy atom. The summed E-state index contributed by atoms with van der Waals surface area (Å²) in [5.41, 5.74) is 0. The number of nitrogens with zero attached hydrogens (tertiary/aromatic N) is 2. The van der Waals surface area contributed by atoms with Crippen LogP contribution < -0.4 is 4.74 Å². The van der Waals surface area contributed by atoms with E-state index in [1.807, 2.05) is 23.6 Å². The molecule has 0 amide bonds. The SMILES string of the molecule is Clc1ccc(Oc2csc(-c3ncon3)c2)cc1. The minimum absolute atomic E-state index is 0.561. The van der Waals surface area contributed by atoms with E-state index < -0.39 is 0 Å². The van der Waals surface area contributed by atoms with Gasteiger partial charge < -0.3 is 9.26 Å². The van der Waals surface area contributed by atoms with E-state index in [2.05, 4.69) is 10.1 Å². The van der Waals surface area contributed by atoms with Crippen LogP contribution in [0.25, 0.3) is 10.7 Å². The van der Waals surface area contributed by atoms with Crippen LogP contribution >= 0.6 is 22.9 Å². The molecule has 0 aliphatic heterocycles. The number of ether oxygens (including phenoxy) is 1. The molecule has 0 unspecified atom stereocenters. The largest absolute Gasteiger partial charge is 0.456 e. The Morgan fingerprint density at radius 3 is 2.72 bits per heavy atom. The molecule has 0 N–H and O–H groups in total. The van der Waals surface area contributed by atoms with Gasteiger partial charge in [0.25, 0.3) is 0 Å². The van der Waals surface area contributed by atoms with Gasteiger partial charge in [0.1, 0.15) is 11.5 Å². The summed E-state index contributed by atoms with van der Waals surface area (Å²) in [5.74, 6) is 2.03. The standard InChI is InChI=1S/C12H7ClN2O2S/c13-8-1-3-9(4-2-8)17-10-5-11(18-6-10)12-14-7-16-15-12/h1-7H. The van der Waals surface area contributed by atoms with E-state index in [4.69, 9.17) is 20.9 Å². The van der Waals surface area contributed by atoms with Gasteiger partial charge in [-0.05, 0) is 24.3 Å². The summed E-state index contributed by atoms with van der Waals surface area (Å²) in [6.45, 7) is 0. The highest BCUT2D eigenvalue weighted by atomic mass is 35.5. The summed E-state index contributed by atoms with van der Waals surface area (Å²) in [7, 11) is 0. The van der Waals surface area contributed by atoms with Crippen molar-refractivity contribution in [3.8, 4) is 22.2 Å². The first kappa shape index (κ1) is 11.3. The fraction of sp³-hybridized carbons (Fsp3) is 0. The predicted molar refractivity (Wildman–Crippen MR) is 69.1 cm³/mol. The Hall–Kier alpha value is -1.85. The van der Waals surface area contributed by atoms with Crippen molar-refractivity contribution in [1.29, 1.82) is 0 Å². The zero-order valence-electron chi connectivity index (χ0n) is 9.04. The van der Waals surface area contributed by atoms with E-state index in [1.165, 1.54) is 17.7 Å². The molecule has 0 saturated heterocycles. The average molecular weight is 279 g/mol. The molecule has 1 aromatic carbocycles. The van der Waals surface area contributed by atoms with Crippen LogP contribution in [0.5, 0.6) is 11.5 Å². The van der Waals surface area contributed by atoms with E-state index in [0.717, 1.165) is 16.4 Å². The van der Waals surface area contributed by atoms with Crippen molar-refractivity contribution < 1.29 is 9.26 Å². The summed E-state index contributed by atoms with van der Waals surface area (Å²) in [4.78, 5) is 4.87. The highest BCUT2D eigenvalue weighted by Crippen LogP contribution is 2.32. The Morgan fingerprint density at radius 1 is 1.17 bits per heavy atom. The summed E-state index contributed by atoms with van der Waals surface area (Å²) < 4.78 is 10.4. The van der Waals surface area contributed by atoms with E-state index in [0.29, 0.717) is 10.8 Å². The van der Waals surface area contributed by atoms with E-state index in [-0.39, 0.29) is 0 Å². The zero-order chi connectivity index (χ0) is 12.4. The minimum Gasteiger partial charge on any atom is -0.456 e. The smallest absolute Gasteiger partial charge is 0.214 e. The molecule has 0 aliphatic carbocycles. The Bertz CT molecular complexity index is 634. The second-order valence-corrected chi connectivity index (χ2v) is 4.81. The molecule has 3 aromatic rings. The molecule has 18 heavy (non-hydrogen) atoms. The molecule has 4 nitrogen and oxygen atoms in total. The van der Waals surface area contributed by atoms with Gasteiger partial charge in [-0.25, -0.2) is 0 Å². The lowest BCUT2D eigenvalue weighted by Gasteiger charge is -2.01. The fourth-order valence-electron chi connectivity index (χ4n) is 1.41. The first-order chi connectivity index (χ1) is 8.81. The molecule has 0 bridgehead atoms. The molecule has 6 heteroatoms. The van der Waals surface area contributed by atoms with Crippen LogP contribution in [0, 0.1) is 0 Å². The molecular formula is C12H7ClN2O2S. The lowest BCUT2D eigenvalue weighted by Crippen LogP contribution is -1.80. The van der Waals surface area contributed by atoms with Crippen LogP contribution in [0.2, 0.25) is 5.02 Å². The van der Waals surface area contributed by atoms with Crippen LogP contribution in [0.4, 0.5) is 0 Å². The topological polar surface area (TPSA) is 48.2 Å². The zero-order valence-corrected chi connectivity index (χ0v) is 10.6. The van der Waals surface area contributed by atoms with Crippen LogP contribution in [-0.2, 0) is 0 Å². The van der Waals surface area contributed by atoms with Crippen molar-refractivity contribution in [1.82, 2.24) is 10.1 Å². The lowest BCUT2D eigenvalue weighted by molar-refractivity contribution is 0.419. The van der Waals surface area contributed by atoms with Crippen molar-refractivity contribution in [2.24, 2.45) is 0 Å². The van der Waals surface area contributed by atoms with Gasteiger partial charge in [0.15, 0.2) is 0 Å². The Kier molecular flexibility index (Phi) is 3.00. The fourth-order valence-corrected chi connectivity index (χ4v) is 2.27. The number of benzene rings is 1. The molecule has 0 saturated carbocycles. The van der Waals surface area contributed by atoms with Gasteiger partial charge in [0.2, 0.25) is 12.2 Å². The molecule has 0 spiro atoms. The number of thiophene rings is 1. The van der Waals surface area contributed by atoms with Crippen molar-refractivity contribution in [2.45, 2.75) is 0 Å². The van der Waals surface area contributed by atoms with Crippen LogP contribution in [-0.4, -0.2) is 10.1 Å². The quantitative estimate of drug-likeness (QED) is 0.719. The number of aromatic nitrogens is 2. The number of rotatable bonds is 3. The van der Waals surface area contributed by atoms with Crippen LogP contribution in [0.15, 0.2) is 46.6 Å². The molecule has 0 atom stereocenters. The van der Waals surface area contributed by atoms with Gasteiger partial charge in [-0.15, -0.1) is 11.3 Å². The van der Waals surface area contributed by atoms with E-state index in [9.17, 15) is 0 Å². The Labute approximate surface area is 112 Å². The second-order valence-electron chi connectivity index (χ2n) is 3.46. The minimum atomic E-state index is 0.561. The average Bonchev–Trinajstić information content (AvgIpc) is 3.02. The first-order valence-corrected chi connectivity index (χ1v) is 6.36. The summed E-state index contributed by atoms with van der Waals surface area (Å²) >= 11 is 7.30. The first-order valence-electron chi connectivity index (χ1n) is 5.10. The van der Waals surface area contributed by atoms with Gasteiger partial charge in [0.05, 0.1) is 4.88 Å². The van der Waals surface area contributed by atoms with Gasteiger partial charge in [-0.3, -0.25) is 0 Å². The number of hydrogen-bond donors (Lipinski definition) is 0. The van der Waals surface area contributed by atoms with Crippen LogP contribution in [0.3, 0.4) is 0 Å². The third-order valence-corrected chi connectivity index (χ3v) is 3.36. The number of hydrogen-bond acceptors (Lipinski definition) is 5. The monoisotopic (exact) mass is 278 g/mol. The highest BCUT2D eigenvalue weighted by Gasteiger charge is 2.08. The summed E-state index contributed by atoms with van der Waals surface area (Å²) in [6, 6.07) is 9.05. The molecule has 0 radical (unpaired) electrons. The van der Waals surface area contributed by atoms with Crippen molar-refractivity contribution in [3.05, 3.63) is 47.1 Å². The summed E-state index contributed by atoms with van der Waals surface area (Å²) in [5, 5.41) is 6.34. The summed E-state index contributed by atoms with van der Waals surface area (Å²) in [6.07, 6.45) is 1.30. The van der Waals surface area contributed by atoms with E-state index in [1.54, 1.807) is 12.1 Å². The van der Waals surface area contributed by atoms with Crippen LogP contribution in [0.1, 0.15) is 0 Å². The lowest BCUT2D eigenvalue weighted by atomic mass is 10.3. The number of halogens is 1. The maximum absolute atomic E-state index is 5.81. The molecule has 90 valence electrons. The van der Waals surface area contributed by atoms with Crippen molar-refractivity contribution in [3.63, 3.8) is 0 Å². The Balaban J connectivity index is 1.80. The molecule has 0 fully saturated rings.